The van der Waals surface area contributed by atoms with Crippen molar-refractivity contribution < 1.29 is 9.50 Å². The van der Waals surface area contributed by atoms with Crippen LogP contribution in [0, 0.1) is 11.7 Å². The standard InChI is InChI=1S/C12H17FN2O/c13-9-2-4-11(14)12(6-9)15-7-8-1-3-10(16)5-8/h2,4,6,8,10,15-16H,1,3,5,7,14H2. The Bertz CT molecular complexity index is 370. The van der Waals surface area contributed by atoms with Gasteiger partial charge in [0.1, 0.15) is 5.82 Å². The Morgan fingerprint density at radius 2 is 2.25 bits per heavy atom. The third-order valence-electron chi connectivity index (χ3n) is 3.11. The quantitative estimate of drug-likeness (QED) is 0.688. The van der Waals surface area contributed by atoms with Crippen LogP contribution in [0.4, 0.5) is 15.8 Å². The highest BCUT2D eigenvalue weighted by Crippen LogP contribution is 2.27. The number of aliphatic hydroxyl groups excluding tert-OH is 1. The molecule has 0 saturated heterocycles. The molecule has 0 bridgehead atoms. The largest absolute Gasteiger partial charge is 0.397 e. The zero-order valence-corrected chi connectivity index (χ0v) is 9.12. The average Bonchev–Trinajstić information content (AvgIpc) is 2.66. The van der Waals surface area contributed by atoms with Gasteiger partial charge in [0.05, 0.1) is 17.5 Å². The number of benzene rings is 1. The van der Waals surface area contributed by atoms with E-state index < -0.39 is 0 Å². The number of anilines is 2. The molecule has 0 aromatic heterocycles. The molecule has 1 aromatic rings. The van der Waals surface area contributed by atoms with Gasteiger partial charge >= 0.3 is 0 Å². The fraction of sp³-hybridized carbons (Fsp3) is 0.500. The van der Waals surface area contributed by atoms with Crippen LogP contribution in [0.15, 0.2) is 18.2 Å². The molecule has 0 aliphatic heterocycles. The molecule has 2 unspecified atom stereocenters. The van der Waals surface area contributed by atoms with Gasteiger partial charge < -0.3 is 16.2 Å². The first-order valence-electron chi connectivity index (χ1n) is 5.62. The first-order chi connectivity index (χ1) is 7.65. The van der Waals surface area contributed by atoms with E-state index in [2.05, 4.69) is 5.32 Å². The molecule has 16 heavy (non-hydrogen) atoms. The van der Waals surface area contributed by atoms with E-state index in [-0.39, 0.29) is 11.9 Å². The summed E-state index contributed by atoms with van der Waals surface area (Å²) in [7, 11) is 0. The highest BCUT2D eigenvalue weighted by atomic mass is 19.1. The van der Waals surface area contributed by atoms with Crippen LogP contribution in [0.5, 0.6) is 0 Å². The van der Waals surface area contributed by atoms with Gasteiger partial charge in [-0.3, -0.25) is 0 Å². The van der Waals surface area contributed by atoms with Gasteiger partial charge in [0.15, 0.2) is 0 Å². The molecule has 0 radical (unpaired) electrons. The summed E-state index contributed by atoms with van der Waals surface area (Å²) in [6.45, 7) is 0.741. The first-order valence-corrected chi connectivity index (χ1v) is 5.62. The third kappa shape index (κ3) is 2.64. The van der Waals surface area contributed by atoms with Gasteiger partial charge in [-0.2, -0.15) is 0 Å². The number of hydrogen-bond donors (Lipinski definition) is 3. The summed E-state index contributed by atoms with van der Waals surface area (Å²) in [5.41, 5.74) is 6.92. The van der Waals surface area contributed by atoms with Gasteiger partial charge in [0.2, 0.25) is 0 Å². The molecule has 88 valence electrons. The lowest BCUT2D eigenvalue weighted by molar-refractivity contribution is 0.178. The molecule has 0 spiro atoms. The summed E-state index contributed by atoms with van der Waals surface area (Å²) in [5, 5.41) is 12.5. The molecule has 1 aliphatic rings. The lowest BCUT2D eigenvalue weighted by Gasteiger charge is -2.13. The van der Waals surface area contributed by atoms with E-state index in [0.29, 0.717) is 17.3 Å². The summed E-state index contributed by atoms with van der Waals surface area (Å²) in [4.78, 5) is 0. The van der Waals surface area contributed by atoms with Crippen LogP contribution in [-0.2, 0) is 0 Å². The number of nitrogens with two attached hydrogens (primary N) is 1. The second kappa shape index (κ2) is 4.70. The molecular formula is C12H17FN2O. The van der Waals surface area contributed by atoms with Crippen molar-refractivity contribution in [2.75, 3.05) is 17.6 Å². The predicted molar refractivity (Wildman–Crippen MR) is 62.6 cm³/mol. The minimum absolute atomic E-state index is 0.170. The number of nitrogen functional groups attached to an aromatic ring is 1. The molecule has 4 heteroatoms. The minimum atomic E-state index is -0.289. The molecule has 1 aromatic carbocycles. The maximum absolute atomic E-state index is 13.0. The van der Waals surface area contributed by atoms with Crippen molar-refractivity contribution in [1.29, 1.82) is 0 Å². The molecule has 4 N–H and O–H groups in total. The third-order valence-corrected chi connectivity index (χ3v) is 3.11. The second-order valence-electron chi connectivity index (χ2n) is 4.45. The summed E-state index contributed by atoms with van der Waals surface area (Å²) in [6.07, 6.45) is 2.54. The van der Waals surface area contributed by atoms with Crippen molar-refractivity contribution in [1.82, 2.24) is 0 Å². The van der Waals surface area contributed by atoms with Gasteiger partial charge in [-0.15, -0.1) is 0 Å². The van der Waals surface area contributed by atoms with Crippen molar-refractivity contribution >= 4 is 11.4 Å². The zero-order chi connectivity index (χ0) is 11.5. The van der Waals surface area contributed by atoms with Crippen LogP contribution in [0.2, 0.25) is 0 Å². The normalized spacial score (nSPS) is 24.6. The van der Waals surface area contributed by atoms with Crippen LogP contribution in [0.1, 0.15) is 19.3 Å². The zero-order valence-electron chi connectivity index (χ0n) is 9.12. The van der Waals surface area contributed by atoms with E-state index in [9.17, 15) is 9.50 Å². The molecule has 1 fully saturated rings. The minimum Gasteiger partial charge on any atom is -0.397 e. The lowest BCUT2D eigenvalue weighted by Crippen LogP contribution is -2.13. The van der Waals surface area contributed by atoms with E-state index in [4.69, 9.17) is 5.73 Å². The summed E-state index contributed by atoms with van der Waals surface area (Å²) >= 11 is 0. The first kappa shape index (κ1) is 11.2. The van der Waals surface area contributed by atoms with E-state index in [1.807, 2.05) is 0 Å². The number of hydrogen-bond acceptors (Lipinski definition) is 3. The van der Waals surface area contributed by atoms with Crippen LogP contribution >= 0.6 is 0 Å². The van der Waals surface area contributed by atoms with Crippen LogP contribution in [-0.4, -0.2) is 17.8 Å². The number of halogens is 1. The smallest absolute Gasteiger partial charge is 0.125 e. The van der Waals surface area contributed by atoms with E-state index >= 15 is 0 Å². The average molecular weight is 224 g/mol. The Labute approximate surface area is 94.5 Å². The van der Waals surface area contributed by atoms with Gasteiger partial charge in [-0.25, -0.2) is 4.39 Å². The molecule has 0 amide bonds. The van der Waals surface area contributed by atoms with Gasteiger partial charge in [0.25, 0.3) is 0 Å². The van der Waals surface area contributed by atoms with Crippen molar-refractivity contribution in [3.8, 4) is 0 Å². The molecule has 1 aliphatic carbocycles. The maximum atomic E-state index is 13.0. The monoisotopic (exact) mass is 224 g/mol. The van der Waals surface area contributed by atoms with E-state index in [1.54, 1.807) is 6.07 Å². The van der Waals surface area contributed by atoms with Crippen molar-refractivity contribution in [2.24, 2.45) is 5.92 Å². The van der Waals surface area contributed by atoms with Gasteiger partial charge in [-0.1, -0.05) is 0 Å². The molecule has 1 saturated carbocycles. The van der Waals surface area contributed by atoms with Gasteiger partial charge in [0, 0.05) is 6.54 Å². The SMILES string of the molecule is Nc1ccc(F)cc1NCC1CCC(O)C1. The summed E-state index contributed by atoms with van der Waals surface area (Å²) < 4.78 is 13.0. The number of rotatable bonds is 3. The lowest BCUT2D eigenvalue weighted by atomic mass is 10.1. The summed E-state index contributed by atoms with van der Waals surface area (Å²) in [6, 6.07) is 4.31. The van der Waals surface area contributed by atoms with E-state index in [1.165, 1.54) is 12.1 Å². The molecular weight excluding hydrogens is 207 g/mol. The Hall–Kier alpha value is -1.29. The molecule has 0 heterocycles. The van der Waals surface area contributed by atoms with Gasteiger partial charge in [-0.05, 0) is 43.4 Å². The van der Waals surface area contributed by atoms with Crippen LogP contribution in [0.25, 0.3) is 0 Å². The second-order valence-corrected chi connectivity index (χ2v) is 4.45. The highest BCUT2D eigenvalue weighted by molar-refractivity contribution is 5.65. The topological polar surface area (TPSA) is 58.3 Å². The Morgan fingerprint density at radius 3 is 2.94 bits per heavy atom. The summed E-state index contributed by atoms with van der Waals surface area (Å²) in [5.74, 6) is 0.167. The van der Waals surface area contributed by atoms with Crippen LogP contribution in [0.3, 0.4) is 0 Å². The highest BCUT2D eigenvalue weighted by Gasteiger charge is 2.22. The Balaban J connectivity index is 1.91. The molecule has 2 atom stereocenters. The van der Waals surface area contributed by atoms with Crippen LogP contribution < -0.4 is 11.1 Å². The maximum Gasteiger partial charge on any atom is 0.125 e. The Morgan fingerprint density at radius 1 is 1.44 bits per heavy atom. The number of nitrogens with one attached hydrogen (secondary N) is 1. The predicted octanol–water partition coefficient (Wildman–Crippen LogP) is 1.98. The molecule has 2 rings (SSSR count). The van der Waals surface area contributed by atoms with Crippen molar-refractivity contribution in [3.05, 3.63) is 24.0 Å². The fourth-order valence-corrected chi connectivity index (χ4v) is 2.17. The molecule has 3 nitrogen and oxygen atoms in total. The fourth-order valence-electron chi connectivity index (χ4n) is 2.17. The van der Waals surface area contributed by atoms with Crippen molar-refractivity contribution in [2.45, 2.75) is 25.4 Å². The number of aliphatic hydroxyl groups is 1. The van der Waals surface area contributed by atoms with Crippen molar-refractivity contribution in [3.63, 3.8) is 0 Å². The van der Waals surface area contributed by atoms with E-state index in [0.717, 1.165) is 25.8 Å². The Kier molecular flexibility index (Phi) is 3.29.